The van der Waals surface area contributed by atoms with Crippen molar-refractivity contribution in [1.29, 1.82) is 0 Å². The molecule has 1 aromatic heterocycles. The van der Waals surface area contributed by atoms with E-state index in [1.165, 1.54) is 16.7 Å². The SMILES string of the molecule is CNc1ccc(-c2cc(-c3ncco3)ccc2C)cc1. The molecule has 0 aliphatic carbocycles. The van der Waals surface area contributed by atoms with Gasteiger partial charge < -0.3 is 9.73 Å². The Morgan fingerprint density at radius 2 is 1.75 bits per heavy atom. The Labute approximate surface area is 118 Å². The number of hydrogen-bond donors (Lipinski definition) is 1. The van der Waals surface area contributed by atoms with Crippen LogP contribution in [0.2, 0.25) is 0 Å². The minimum Gasteiger partial charge on any atom is -0.445 e. The summed E-state index contributed by atoms with van der Waals surface area (Å²) < 4.78 is 5.37. The number of nitrogens with zero attached hydrogens (tertiary/aromatic N) is 1. The van der Waals surface area contributed by atoms with Crippen molar-refractivity contribution in [3.63, 3.8) is 0 Å². The predicted octanol–water partition coefficient (Wildman–Crippen LogP) is 4.36. The van der Waals surface area contributed by atoms with E-state index in [4.69, 9.17) is 4.42 Å². The molecule has 0 saturated heterocycles. The third-order valence-corrected chi connectivity index (χ3v) is 3.40. The molecule has 100 valence electrons. The predicted molar refractivity (Wildman–Crippen MR) is 81.7 cm³/mol. The van der Waals surface area contributed by atoms with Crippen LogP contribution in [0.25, 0.3) is 22.6 Å². The summed E-state index contributed by atoms with van der Waals surface area (Å²) in [6, 6.07) is 14.6. The number of oxazole rings is 1. The van der Waals surface area contributed by atoms with Crippen molar-refractivity contribution in [1.82, 2.24) is 4.98 Å². The van der Waals surface area contributed by atoms with E-state index in [0.717, 1.165) is 11.3 Å². The van der Waals surface area contributed by atoms with Crippen molar-refractivity contribution in [2.24, 2.45) is 0 Å². The van der Waals surface area contributed by atoms with Crippen LogP contribution in [0.15, 0.2) is 59.3 Å². The number of aryl methyl sites for hydroxylation is 1. The molecule has 0 aliphatic rings. The molecule has 0 aliphatic heterocycles. The molecule has 0 spiro atoms. The Bertz CT molecular complexity index is 700. The van der Waals surface area contributed by atoms with E-state index < -0.39 is 0 Å². The van der Waals surface area contributed by atoms with Gasteiger partial charge in [0.2, 0.25) is 5.89 Å². The molecule has 0 saturated carbocycles. The number of nitrogens with one attached hydrogen (secondary N) is 1. The molecule has 3 rings (SSSR count). The Balaban J connectivity index is 2.05. The molecular weight excluding hydrogens is 248 g/mol. The first kappa shape index (κ1) is 12.5. The molecule has 0 bridgehead atoms. The molecule has 3 aromatic rings. The van der Waals surface area contributed by atoms with E-state index in [1.807, 2.05) is 13.1 Å². The van der Waals surface area contributed by atoms with Crippen molar-refractivity contribution >= 4 is 5.69 Å². The number of hydrogen-bond acceptors (Lipinski definition) is 3. The van der Waals surface area contributed by atoms with Crippen LogP contribution in [0.3, 0.4) is 0 Å². The quantitative estimate of drug-likeness (QED) is 0.763. The van der Waals surface area contributed by atoms with E-state index >= 15 is 0 Å². The lowest BCUT2D eigenvalue weighted by atomic mass is 9.98. The van der Waals surface area contributed by atoms with Crippen LogP contribution in [0.1, 0.15) is 5.56 Å². The first-order chi connectivity index (χ1) is 9.78. The summed E-state index contributed by atoms with van der Waals surface area (Å²) >= 11 is 0. The van der Waals surface area contributed by atoms with Gasteiger partial charge in [-0.3, -0.25) is 0 Å². The van der Waals surface area contributed by atoms with Crippen LogP contribution in [-0.4, -0.2) is 12.0 Å². The van der Waals surface area contributed by atoms with Crippen LogP contribution in [0.4, 0.5) is 5.69 Å². The Morgan fingerprint density at radius 1 is 1.00 bits per heavy atom. The molecule has 0 amide bonds. The fraction of sp³-hybridized carbons (Fsp3) is 0.118. The Hall–Kier alpha value is -2.55. The van der Waals surface area contributed by atoms with Gasteiger partial charge >= 0.3 is 0 Å². The van der Waals surface area contributed by atoms with Crippen LogP contribution in [-0.2, 0) is 0 Å². The average molecular weight is 264 g/mol. The van der Waals surface area contributed by atoms with Crippen molar-refractivity contribution < 1.29 is 4.42 Å². The molecule has 0 unspecified atom stereocenters. The highest BCUT2D eigenvalue weighted by Crippen LogP contribution is 2.29. The van der Waals surface area contributed by atoms with E-state index in [2.05, 4.69) is 53.6 Å². The third-order valence-electron chi connectivity index (χ3n) is 3.40. The fourth-order valence-corrected chi connectivity index (χ4v) is 2.25. The van der Waals surface area contributed by atoms with Crippen LogP contribution in [0, 0.1) is 6.92 Å². The first-order valence-electron chi connectivity index (χ1n) is 6.56. The van der Waals surface area contributed by atoms with Gasteiger partial charge in [0.25, 0.3) is 0 Å². The van der Waals surface area contributed by atoms with Gasteiger partial charge in [0.05, 0.1) is 6.20 Å². The highest BCUT2D eigenvalue weighted by molar-refractivity contribution is 5.73. The number of aromatic nitrogens is 1. The number of benzene rings is 2. The summed E-state index contributed by atoms with van der Waals surface area (Å²) in [5, 5.41) is 3.13. The van der Waals surface area contributed by atoms with Gasteiger partial charge in [0, 0.05) is 18.3 Å². The second kappa shape index (κ2) is 5.21. The molecule has 0 radical (unpaired) electrons. The minimum atomic E-state index is 0.651. The highest BCUT2D eigenvalue weighted by Gasteiger charge is 2.07. The fourth-order valence-electron chi connectivity index (χ4n) is 2.25. The van der Waals surface area contributed by atoms with Crippen molar-refractivity contribution in [3.05, 3.63) is 60.5 Å². The van der Waals surface area contributed by atoms with Crippen LogP contribution >= 0.6 is 0 Å². The van der Waals surface area contributed by atoms with Crippen LogP contribution < -0.4 is 5.32 Å². The molecule has 3 heteroatoms. The second-order valence-corrected chi connectivity index (χ2v) is 4.69. The summed E-state index contributed by atoms with van der Waals surface area (Å²) in [7, 11) is 1.92. The normalized spacial score (nSPS) is 10.5. The van der Waals surface area contributed by atoms with E-state index in [9.17, 15) is 0 Å². The smallest absolute Gasteiger partial charge is 0.225 e. The van der Waals surface area contributed by atoms with Crippen molar-refractivity contribution in [2.75, 3.05) is 12.4 Å². The highest BCUT2D eigenvalue weighted by atomic mass is 16.3. The summed E-state index contributed by atoms with van der Waals surface area (Å²) in [5.74, 6) is 0.651. The second-order valence-electron chi connectivity index (χ2n) is 4.69. The Morgan fingerprint density at radius 3 is 2.40 bits per heavy atom. The molecule has 2 aromatic carbocycles. The zero-order valence-corrected chi connectivity index (χ0v) is 11.6. The van der Waals surface area contributed by atoms with Gasteiger partial charge in [-0.25, -0.2) is 4.98 Å². The minimum absolute atomic E-state index is 0.651. The maximum absolute atomic E-state index is 5.37. The van der Waals surface area contributed by atoms with Gasteiger partial charge in [-0.05, 0) is 47.9 Å². The molecule has 3 nitrogen and oxygen atoms in total. The van der Waals surface area contributed by atoms with Gasteiger partial charge in [0.1, 0.15) is 6.26 Å². The maximum Gasteiger partial charge on any atom is 0.225 e. The monoisotopic (exact) mass is 264 g/mol. The third kappa shape index (κ3) is 2.30. The van der Waals surface area contributed by atoms with Gasteiger partial charge in [-0.15, -0.1) is 0 Å². The molecule has 0 fully saturated rings. The van der Waals surface area contributed by atoms with Gasteiger partial charge in [-0.1, -0.05) is 18.2 Å². The average Bonchev–Trinajstić information content (AvgIpc) is 3.02. The molecule has 1 heterocycles. The van der Waals surface area contributed by atoms with Gasteiger partial charge in [0.15, 0.2) is 0 Å². The zero-order valence-electron chi connectivity index (χ0n) is 11.6. The lowest BCUT2D eigenvalue weighted by Crippen LogP contribution is -1.89. The molecule has 20 heavy (non-hydrogen) atoms. The zero-order chi connectivity index (χ0) is 13.9. The first-order valence-corrected chi connectivity index (χ1v) is 6.56. The standard InChI is InChI=1S/C17H16N2O/c1-12-3-4-14(17-19-9-10-20-17)11-16(12)13-5-7-15(18-2)8-6-13/h3-11,18H,1-2H3. The lowest BCUT2D eigenvalue weighted by molar-refractivity contribution is 0.574. The van der Waals surface area contributed by atoms with E-state index in [0.29, 0.717) is 5.89 Å². The van der Waals surface area contributed by atoms with Crippen molar-refractivity contribution in [3.8, 4) is 22.6 Å². The molecule has 1 N–H and O–H groups in total. The van der Waals surface area contributed by atoms with Crippen molar-refractivity contribution in [2.45, 2.75) is 6.92 Å². The molecular formula is C17H16N2O. The summed E-state index contributed by atoms with van der Waals surface area (Å²) in [6.07, 6.45) is 3.26. The van der Waals surface area contributed by atoms with E-state index in [1.54, 1.807) is 12.5 Å². The largest absolute Gasteiger partial charge is 0.445 e. The molecule has 0 atom stereocenters. The Kier molecular flexibility index (Phi) is 3.25. The summed E-state index contributed by atoms with van der Waals surface area (Å²) in [4.78, 5) is 4.20. The van der Waals surface area contributed by atoms with Crippen LogP contribution in [0.5, 0.6) is 0 Å². The maximum atomic E-state index is 5.37. The number of rotatable bonds is 3. The summed E-state index contributed by atoms with van der Waals surface area (Å²) in [5.41, 5.74) is 5.72. The van der Waals surface area contributed by atoms with Gasteiger partial charge in [-0.2, -0.15) is 0 Å². The lowest BCUT2D eigenvalue weighted by Gasteiger charge is -2.09. The number of anilines is 1. The summed E-state index contributed by atoms with van der Waals surface area (Å²) in [6.45, 7) is 2.11. The van der Waals surface area contributed by atoms with E-state index in [-0.39, 0.29) is 0 Å². The topological polar surface area (TPSA) is 38.1 Å².